The monoisotopic (exact) mass is 447 g/mol. The maximum Gasteiger partial charge on any atom is 0.273 e. The van der Waals surface area contributed by atoms with E-state index in [4.69, 9.17) is 4.74 Å². The molecule has 1 fully saturated rings. The molecule has 33 heavy (non-hydrogen) atoms. The number of likely N-dealkylation sites (tertiary alicyclic amines) is 1. The standard InChI is InChI=1S/C25H29N5O3/c1-2-33-22-12-10-19(11-13-22)15-24(31)30-14-6-9-21(30)17-29-18-23(27-28-29)25(32)26-16-20-7-4-3-5-8-20/h3-5,7-8,10-13,18,21H,2,6,9,14-17H2,1H3,(H,26,32)/t21-/m0/s1. The number of nitrogens with one attached hydrogen (secondary N) is 1. The quantitative estimate of drug-likeness (QED) is 0.545. The highest BCUT2D eigenvalue weighted by molar-refractivity contribution is 5.91. The maximum absolute atomic E-state index is 12.9. The Bertz CT molecular complexity index is 1070. The van der Waals surface area contributed by atoms with Crippen LogP contribution in [0.2, 0.25) is 0 Å². The minimum Gasteiger partial charge on any atom is -0.494 e. The smallest absolute Gasteiger partial charge is 0.273 e. The summed E-state index contributed by atoms with van der Waals surface area (Å²) in [5.74, 6) is 0.644. The summed E-state index contributed by atoms with van der Waals surface area (Å²) in [7, 11) is 0. The molecule has 1 aromatic heterocycles. The van der Waals surface area contributed by atoms with Gasteiger partial charge in [-0.2, -0.15) is 0 Å². The molecule has 1 N–H and O–H groups in total. The van der Waals surface area contributed by atoms with Gasteiger partial charge in [0, 0.05) is 13.1 Å². The van der Waals surface area contributed by atoms with Crippen LogP contribution in [0, 0.1) is 0 Å². The number of nitrogens with zero attached hydrogens (tertiary/aromatic N) is 4. The molecule has 0 unspecified atom stereocenters. The number of amides is 2. The number of aromatic nitrogens is 3. The molecule has 0 radical (unpaired) electrons. The van der Waals surface area contributed by atoms with Gasteiger partial charge < -0.3 is 15.0 Å². The first kappa shape index (κ1) is 22.5. The van der Waals surface area contributed by atoms with Gasteiger partial charge >= 0.3 is 0 Å². The Kier molecular flexibility index (Phi) is 7.34. The van der Waals surface area contributed by atoms with E-state index in [1.165, 1.54) is 0 Å². The van der Waals surface area contributed by atoms with Gasteiger partial charge in [-0.1, -0.05) is 47.7 Å². The van der Waals surface area contributed by atoms with Crippen molar-refractivity contribution in [1.29, 1.82) is 0 Å². The van der Waals surface area contributed by atoms with Crippen molar-refractivity contribution in [3.8, 4) is 5.75 Å². The molecule has 2 heterocycles. The first-order valence-corrected chi connectivity index (χ1v) is 11.4. The molecule has 1 aliphatic heterocycles. The van der Waals surface area contributed by atoms with E-state index in [1.54, 1.807) is 10.9 Å². The van der Waals surface area contributed by atoms with Crippen LogP contribution in [0.5, 0.6) is 5.75 Å². The molecule has 0 aliphatic carbocycles. The van der Waals surface area contributed by atoms with Gasteiger partial charge in [-0.25, -0.2) is 4.68 Å². The second-order valence-electron chi connectivity index (χ2n) is 8.13. The van der Waals surface area contributed by atoms with Gasteiger partial charge in [-0.05, 0) is 43.0 Å². The van der Waals surface area contributed by atoms with E-state index in [0.29, 0.717) is 26.1 Å². The van der Waals surface area contributed by atoms with Crippen LogP contribution >= 0.6 is 0 Å². The molecule has 8 nitrogen and oxygen atoms in total. The number of hydrogen-bond donors (Lipinski definition) is 1. The lowest BCUT2D eigenvalue weighted by Crippen LogP contribution is -2.39. The molecule has 0 bridgehead atoms. The van der Waals surface area contributed by atoms with Gasteiger partial charge in [-0.3, -0.25) is 9.59 Å². The van der Waals surface area contributed by atoms with Crippen molar-refractivity contribution in [2.24, 2.45) is 0 Å². The second-order valence-corrected chi connectivity index (χ2v) is 8.13. The van der Waals surface area contributed by atoms with Crippen LogP contribution in [0.1, 0.15) is 41.4 Å². The van der Waals surface area contributed by atoms with E-state index in [9.17, 15) is 9.59 Å². The fourth-order valence-corrected chi connectivity index (χ4v) is 4.08. The third kappa shape index (κ3) is 5.97. The summed E-state index contributed by atoms with van der Waals surface area (Å²) in [6.45, 7) is 4.25. The first-order chi connectivity index (χ1) is 16.1. The molecule has 1 saturated heterocycles. The predicted molar refractivity (Wildman–Crippen MR) is 124 cm³/mol. The summed E-state index contributed by atoms with van der Waals surface area (Å²) < 4.78 is 7.12. The number of carbonyl (C=O) groups is 2. The van der Waals surface area contributed by atoms with Gasteiger partial charge in [0.15, 0.2) is 5.69 Å². The second kappa shape index (κ2) is 10.8. The molecule has 1 aliphatic rings. The van der Waals surface area contributed by atoms with Gasteiger partial charge in [0.05, 0.1) is 31.8 Å². The molecule has 3 aromatic rings. The fraction of sp³-hybridized carbons (Fsp3) is 0.360. The van der Waals surface area contributed by atoms with Crippen molar-refractivity contribution in [2.75, 3.05) is 13.2 Å². The largest absolute Gasteiger partial charge is 0.494 e. The Morgan fingerprint density at radius 3 is 2.64 bits per heavy atom. The van der Waals surface area contributed by atoms with Crippen molar-refractivity contribution >= 4 is 11.8 Å². The zero-order chi connectivity index (χ0) is 23.0. The number of hydrogen-bond acceptors (Lipinski definition) is 5. The average Bonchev–Trinajstić information content (AvgIpc) is 3.50. The lowest BCUT2D eigenvalue weighted by Gasteiger charge is -2.24. The van der Waals surface area contributed by atoms with Gasteiger partial charge in [0.1, 0.15) is 5.75 Å². The lowest BCUT2D eigenvalue weighted by atomic mass is 10.1. The summed E-state index contributed by atoms with van der Waals surface area (Å²) in [6, 6.07) is 17.4. The van der Waals surface area contributed by atoms with E-state index in [1.807, 2.05) is 66.4 Å². The fourth-order valence-electron chi connectivity index (χ4n) is 4.08. The van der Waals surface area contributed by atoms with Crippen LogP contribution in [0.15, 0.2) is 60.8 Å². The minimum absolute atomic E-state index is 0.0436. The van der Waals surface area contributed by atoms with Gasteiger partial charge in [0.2, 0.25) is 5.91 Å². The first-order valence-electron chi connectivity index (χ1n) is 11.4. The average molecular weight is 448 g/mol. The molecule has 1 atom stereocenters. The number of ether oxygens (including phenoxy) is 1. The summed E-state index contributed by atoms with van der Waals surface area (Å²) in [5.41, 5.74) is 2.26. The Hall–Kier alpha value is -3.68. The molecule has 172 valence electrons. The van der Waals surface area contributed by atoms with E-state index in [-0.39, 0.29) is 23.6 Å². The van der Waals surface area contributed by atoms with Crippen molar-refractivity contribution in [3.05, 3.63) is 77.6 Å². The highest BCUT2D eigenvalue weighted by Gasteiger charge is 2.29. The van der Waals surface area contributed by atoms with Crippen LogP contribution in [0.3, 0.4) is 0 Å². The SMILES string of the molecule is CCOc1ccc(CC(=O)N2CCC[C@H]2Cn2cc(C(=O)NCc3ccccc3)nn2)cc1. The highest BCUT2D eigenvalue weighted by atomic mass is 16.5. The third-order valence-electron chi connectivity index (χ3n) is 5.75. The molecule has 8 heteroatoms. The molecule has 2 amide bonds. The third-order valence-corrected chi connectivity index (χ3v) is 5.75. The molecule has 0 spiro atoms. The van der Waals surface area contributed by atoms with Crippen molar-refractivity contribution < 1.29 is 14.3 Å². The molecular formula is C25H29N5O3. The van der Waals surface area contributed by atoms with E-state index in [0.717, 1.165) is 36.3 Å². The van der Waals surface area contributed by atoms with E-state index < -0.39 is 0 Å². The maximum atomic E-state index is 12.9. The number of rotatable bonds is 9. The Morgan fingerprint density at radius 2 is 1.88 bits per heavy atom. The molecule has 4 rings (SSSR count). The van der Waals surface area contributed by atoms with Crippen LogP contribution in [-0.2, 0) is 24.3 Å². The van der Waals surface area contributed by atoms with Gasteiger partial charge in [-0.15, -0.1) is 5.10 Å². The predicted octanol–water partition coefficient (Wildman–Crippen LogP) is 2.84. The van der Waals surface area contributed by atoms with Gasteiger partial charge in [0.25, 0.3) is 5.91 Å². The van der Waals surface area contributed by atoms with Crippen LogP contribution in [-0.4, -0.2) is 50.9 Å². The summed E-state index contributed by atoms with van der Waals surface area (Å²) in [6.07, 6.45) is 3.87. The zero-order valence-electron chi connectivity index (χ0n) is 18.8. The van der Waals surface area contributed by atoms with E-state index >= 15 is 0 Å². The van der Waals surface area contributed by atoms with Crippen LogP contribution in [0.25, 0.3) is 0 Å². The number of benzene rings is 2. The van der Waals surface area contributed by atoms with Crippen molar-refractivity contribution in [3.63, 3.8) is 0 Å². The number of carbonyl (C=O) groups excluding carboxylic acids is 2. The zero-order valence-corrected chi connectivity index (χ0v) is 18.8. The van der Waals surface area contributed by atoms with Crippen molar-refractivity contribution in [2.45, 2.75) is 45.3 Å². The minimum atomic E-state index is -0.264. The van der Waals surface area contributed by atoms with Crippen LogP contribution < -0.4 is 10.1 Å². The van der Waals surface area contributed by atoms with Crippen molar-refractivity contribution in [1.82, 2.24) is 25.2 Å². The normalized spacial score (nSPS) is 15.4. The molecule has 0 saturated carbocycles. The van der Waals surface area contributed by atoms with Crippen LogP contribution in [0.4, 0.5) is 0 Å². The Morgan fingerprint density at radius 1 is 1.09 bits per heavy atom. The molecule has 2 aromatic carbocycles. The highest BCUT2D eigenvalue weighted by Crippen LogP contribution is 2.21. The Labute approximate surface area is 193 Å². The summed E-state index contributed by atoms with van der Waals surface area (Å²) in [4.78, 5) is 27.3. The molecular weight excluding hydrogens is 418 g/mol. The Balaban J connectivity index is 1.31. The summed E-state index contributed by atoms with van der Waals surface area (Å²) in [5, 5.41) is 11.0. The van der Waals surface area contributed by atoms with E-state index in [2.05, 4.69) is 15.6 Å². The lowest BCUT2D eigenvalue weighted by molar-refractivity contribution is -0.131. The topological polar surface area (TPSA) is 89.4 Å². The summed E-state index contributed by atoms with van der Waals surface area (Å²) >= 11 is 0.